The lowest BCUT2D eigenvalue weighted by Crippen LogP contribution is -2.15. The average molecular weight is 379 g/mol. The molecule has 1 aliphatic carbocycles. The summed E-state index contributed by atoms with van der Waals surface area (Å²) < 4.78 is 2.25. The van der Waals surface area contributed by atoms with Gasteiger partial charge in [0.15, 0.2) is 16.8 Å². The molecule has 1 aromatic carbocycles. The van der Waals surface area contributed by atoms with E-state index in [1.165, 1.54) is 31.0 Å². The number of aromatic nitrogens is 4. The van der Waals surface area contributed by atoms with Crippen LogP contribution < -0.4 is 0 Å². The van der Waals surface area contributed by atoms with E-state index >= 15 is 0 Å². The Morgan fingerprint density at radius 1 is 1.00 bits per heavy atom. The Kier molecular flexibility index (Phi) is 5.63. The summed E-state index contributed by atoms with van der Waals surface area (Å²) in [4.78, 5) is 16.6. The second-order valence-corrected chi connectivity index (χ2v) is 7.72. The van der Waals surface area contributed by atoms with Crippen molar-refractivity contribution in [3.05, 3.63) is 60.4 Å². The standard InChI is InChI=1S/C21H22N4OS/c26-19(16-7-3-1-4-8-16)15-27-21-24-23-20(17-11-13-22-14-12-17)25(21)18-9-5-2-6-10-18/h1,3-4,7-8,11-14,18H,2,5-6,9-10,15H2. The lowest BCUT2D eigenvalue weighted by Gasteiger charge is -2.25. The summed E-state index contributed by atoms with van der Waals surface area (Å²) in [6.07, 6.45) is 9.57. The van der Waals surface area contributed by atoms with Crippen LogP contribution in [0, 0.1) is 0 Å². The molecular formula is C21H22N4OS. The Morgan fingerprint density at radius 2 is 1.74 bits per heavy atom. The fourth-order valence-corrected chi connectivity index (χ4v) is 4.48. The van der Waals surface area contributed by atoms with Crippen molar-refractivity contribution in [2.24, 2.45) is 0 Å². The van der Waals surface area contributed by atoms with Crippen molar-refractivity contribution in [1.29, 1.82) is 0 Å². The van der Waals surface area contributed by atoms with Gasteiger partial charge in [-0.3, -0.25) is 14.3 Å². The molecule has 1 saturated carbocycles. The van der Waals surface area contributed by atoms with Crippen LogP contribution in [0.3, 0.4) is 0 Å². The molecule has 4 rings (SSSR count). The number of carbonyl (C=O) groups excluding carboxylic acids is 1. The number of Topliss-reactive ketones (excluding diaryl/α,β-unsaturated/α-hetero) is 1. The maximum Gasteiger partial charge on any atom is 0.192 e. The van der Waals surface area contributed by atoms with Gasteiger partial charge in [-0.05, 0) is 25.0 Å². The molecule has 0 spiro atoms. The fraction of sp³-hybridized carbons (Fsp3) is 0.333. The van der Waals surface area contributed by atoms with E-state index in [0.29, 0.717) is 11.8 Å². The van der Waals surface area contributed by atoms with Gasteiger partial charge in [-0.1, -0.05) is 61.4 Å². The van der Waals surface area contributed by atoms with Crippen LogP contribution in [0.1, 0.15) is 48.5 Å². The summed E-state index contributed by atoms with van der Waals surface area (Å²) in [5, 5.41) is 9.73. The molecule has 0 unspecified atom stereocenters. The van der Waals surface area contributed by atoms with E-state index in [1.54, 1.807) is 12.4 Å². The van der Waals surface area contributed by atoms with Gasteiger partial charge >= 0.3 is 0 Å². The van der Waals surface area contributed by atoms with Gasteiger partial charge in [0.1, 0.15) is 0 Å². The van der Waals surface area contributed by atoms with Crippen LogP contribution in [-0.4, -0.2) is 31.3 Å². The van der Waals surface area contributed by atoms with Gasteiger partial charge in [-0.25, -0.2) is 0 Å². The Labute approximate surface area is 163 Å². The monoisotopic (exact) mass is 378 g/mol. The number of benzene rings is 1. The summed E-state index contributed by atoms with van der Waals surface area (Å²) in [7, 11) is 0. The number of rotatable bonds is 6. The van der Waals surface area contributed by atoms with Crippen molar-refractivity contribution in [3.63, 3.8) is 0 Å². The number of thioether (sulfide) groups is 1. The largest absolute Gasteiger partial charge is 0.299 e. The molecule has 6 heteroatoms. The van der Waals surface area contributed by atoms with Gasteiger partial charge in [-0.15, -0.1) is 10.2 Å². The van der Waals surface area contributed by atoms with Gasteiger partial charge < -0.3 is 0 Å². The van der Waals surface area contributed by atoms with Crippen LogP contribution in [-0.2, 0) is 0 Å². The quantitative estimate of drug-likeness (QED) is 0.454. The number of ketones is 1. The van der Waals surface area contributed by atoms with E-state index in [-0.39, 0.29) is 5.78 Å². The van der Waals surface area contributed by atoms with Crippen LogP contribution in [0.2, 0.25) is 0 Å². The molecule has 3 aromatic rings. The number of carbonyl (C=O) groups is 1. The molecule has 1 aliphatic rings. The first-order valence-corrected chi connectivity index (χ1v) is 10.4. The molecular weight excluding hydrogens is 356 g/mol. The number of hydrogen-bond acceptors (Lipinski definition) is 5. The minimum absolute atomic E-state index is 0.115. The highest BCUT2D eigenvalue weighted by Crippen LogP contribution is 2.35. The highest BCUT2D eigenvalue weighted by Gasteiger charge is 2.24. The normalized spacial score (nSPS) is 15.0. The van der Waals surface area contributed by atoms with Gasteiger partial charge in [0.2, 0.25) is 0 Å². The Balaban J connectivity index is 1.60. The lowest BCUT2D eigenvalue weighted by atomic mass is 9.95. The van der Waals surface area contributed by atoms with E-state index in [1.807, 2.05) is 42.5 Å². The molecule has 1 fully saturated rings. The zero-order valence-electron chi connectivity index (χ0n) is 15.1. The Morgan fingerprint density at radius 3 is 2.48 bits per heavy atom. The van der Waals surface area contributed by atoms with E-state index in [4.69, 9.17) is 0 Å². The van der Waals surface area contributed by atoms with Gasteiger partial charge in [0, 0.05) is 29.6 Å². The smallest absolute Gasteiger partial charge is 0.192 e. The molecule has 27 heavy (non-hydrogen) atoms. The Bertz CT molecular complexity index is 889. The second kappa shape index (κ2) is 8.48. The van der Waals surface area contributed by atoms with Crippen molar-refractivity contribution >= 4 is 17.5 Å². The first kappa shape index (κ1) is 17.9. The minimum Gasteiger partial charge on any atom is -0.299 e. The van der Waals surface area contributed by atoms with Crippen molar-refractivity contribution < 1.29 is 4.79 Å². The highest BCUT2D eigenvalue weighted by molar-refractivity contribution is 7.99. The van der Waals surface area contributed by atoms with Crippen LogP contribution in [0.15, 0.2) is 60.0 Å². The molecule has 0 N–H and O–H groups in total. The maximum atomic E-state index is 12.5. The summed E-state index contributed by atoms with van der Waals surface area (Å²) in [5.41, 5.74) is 1.76. The molecule has 2 aromatic heterocycles. The van der Waals surface area contributed by atoms with Gasteiger partial charge in [0.25, 0.3) is 0 Å². The Hall–Kier alpha value is -2.47. The third-order valence-electron chi connectivity index (χ3n) is 4.97. The number of hydrogen-bond donors (Lipinski definition) is 0. The molecule has 2 heterocycles. The predicted molar refractivity (Wildman–Crippen MR) is 107 cm³/mol. The zero-order valence-corrected chi connectivity index (χ0v) is 15.9. The SMILES string of the molecule is O=C(CSc1nnc(-c2ccncc2)n1C1CCCCC1)c1ccccc1. The van der Waals surface area contributed by atoms with E-state index in [9.17, 15) is 4.79 Å². The molecule has 0 radical (unpaired) electrons. The number of pyridine rings is 1. The first-order chi connectivity index (χ1) is 13.3. The second-order valence-electron chi connectivity index (χ2n) is 6.78. The van der Waals surface area contributed by atoms with E-state index in [0.717, 1.165) is 34.9 Å². The van der Waals surface area contributed by atoms with Gasteiger partial charge in [-0.2, -0.15) is 0 Å². The van der Waals surface area contributed by atoms with E-state index in [2.05, 4.69) is 19.7 Å². The van der Waals surface area contributed by atoms with E-state index < -0.39 is 0 Å². The van der Waals surface area contributed by atoms with Crippen molar-refractivity contribution in [1.82, 2.24) is 19.7 Å². The summed E-state index contributed by atoms with van der Waals surface area (Å²) in [5.74, 6) is 1.36. The van der Waals surface area contributed by atoms with Gasteiger partial charge in [0.05, 0.1) is 5.75 Å². The van der Waals surface area contributed by atoms with Crippen molar-refractivity contribution in [2.45, 2.75) is 43.3 Å². The first-order valence-electron chi connectivity index (χ1n) is 9.39. The molecule has 0 aliphatic heterocycles. The predicted octanol–water partition coefficient (Wildman–Crippen LogP) is 4.82. The molecule has 0 saturated heterocycles. The summed E-state index contributed by atoms with van der Waals surface area (Å²) in [6, 6.07) is 13.7. The van der Waals surface area contributed by atoms with Crippen LogP contribution in [0.5, 0.6) is 0 Å². The van der Waals surface area contributed by atoms with Crippen molar-refractivity contribution in [3.8, 4) is 11.4 Å². The van der Waals surface area contributed by atoms with Crippen LogP contribution in [0.4, 0.5) is 0 Å². The molecule has 5 nitrogen and oxygen atoms in total. The zero-order chi connectivity index (χ0) is 18.5. The molecule has 0 bridgehead atoms. The highest BCUT2D eigenvalue weighted by atomic mass is 32.2. The van der Waals surface area contributed by atoms with Crippen LogP contribution in [0.25, 0.3) is 11.4 Å². The summed E-state index contributed by atoms with van der Waals surface area (Å²) in [6.45, 7) is 0. The van der Waals surface area contributed by atoms with Crippen LogP contribution >= 0.6 is 11.8 Å². The third-order valence-corrected chi connectivity index (χ3v) is 5.91. The molecule has 0 atom stereocenters. The third kappa shape index (κ3) is 4.11. The topological polar surface area (TPSA) is 60.7 Å². The molecule has 138 valence electrons. The molecule has 0 amide bonds. The fourth-order valence-electron chi connectivity index (χ4n) is 3.58. The minimum atomic E-state index is 0.115. The lowest BCUT2D eigenvalue weighted by molar-refractivity contribution is 0.102. The average Bonchev–Trinajstić information content (AvgIpc) is 3.18. The maximum absolute atomic E-state index is 12.5. The van der Waals surface area contributed by atoms with Crippen molar-refractivity contribution in [2.75, 3.05) is 5.75 Å². The summed E-state index contributed by atoms with van der Waals surface area (Å²) >= 11 is 1.48. The number of nitrogens with zero attached hydrogens (tertiary/aromatic N) is 4.